The van der Waals surface area contributed by atoms with E-state index in [0.717, 1.165) is 12.1 Å². The Balaban J connectivity index is 1.53. The van der Waals surface area contributed by atoms with Gasteiger partial charge in [0.25, 0.3) is 0 Å². The summed E-state index contributed by atoms with van der Waals surface area (Å²) in [6.45, 7) is 1.68. The average Bonchev–Trinajstić information content (AvgIpc) is 3.27. The van der Waals surface area contributed by atoms with Gasteiger partial charge in [-0.2, -0.15) is 4.98 Å². The Labute approximate surface area is 144 Å². The number of rotatable bonds is 5. The SMILES string of the molecule is COCCN1CC(c2nc(-c3cn4ccccc4n3)no2)CCC1=O. The first-order valence-electron chi connectivity index (χ1n) is 8.29. The number of aromatic nitrogens is 4. The molecule has 0 aliphatic carbocycles. The third-order valence-corrected chi connectivity index (χ3v) is 4.45. The topological polar surface area (TPSA) is 85.8 Å². The lowest BCUT2D eigenvalue weighted by molar-refractivity contribution is -0.134. The molecule has 130 valence electrons. The molecule has 1 amide bonds. The predicted octanol–water partition coefficient (Wildman–Crippen LogP) is 1.74. The van der Waals surface area contributed by atoms with Crippen LogP contribution in [0, 0.1) is 0 Å². The second-order valence-corrected chi connectivity index (χ2v) is 6.12. The first-order valence-corrected chi connectivity index (χ1v) is 8.29. The van der Waals surface area contributed by atoms with Crippen LogP contribution in [-0.4, -0.2) is 57.1 Å². The van der Waals surface area contributed by atoms with Crippen molar-refractivity contribution in [2.24, 2.45) is 0 Å². The van der Waals surface area contributed by atoms with Crippen LogP contribution in [0.3, 0.4) is 0 Å². The number of likely N-dealkylation sites (tertiary alicyclic amines) is 1. The van der Waals surface area contributed by atoms with E-state index < -0.39 is 0 Å². The average molecular weight is 341 g/mol. The summed E-state index contributed by atoms with van der Waals surface area (Å²) in [5.74, 6) is 1.22. The number of pyridine rings is 1. The third-order valence-electron chi connectivity index (χ3n) is 4.45. The molecule has 0 saturated carbocycles. The Morgan fingerprint density at radius 3 is 3.12 bits per heavy atom. The van der Waals surface area contributed by atoms with Crippen LogP contribution in [0.2, 0.25) is 0 Å². The minimum absolute atomic E-state index is 0.0489. The number of methoxy groups -OCH3 is 1. The molecule has 1 unspecified atom stereocenters. The highest BCUT2D eigenvalue weighted by Crippen LogP contribution is 2.28. The van der Waals surface area contributed by atoms with Gasteiger partial charge < -0.3 is 18.6 Å². The van der Waals surface area contributed by atoms with Gasteiger partial charge in [0.15, 0.2) is 0 Å². The maximum atomic E-state index is 12.0. The molecule has 0 bridgehead atoms. The van der Waals surface area contributed by atoms with Crippen LogP contribution in [0.1, 0.15) is 24.7 Å². The number of nitrogens with zero attached hydrogens (tertiary/aromatic N) is 5. The van der Waals surface area contributed by atoms with Crippen LogP contribution < -0.4 is 0 Å². The van der Waals surface area contributed by atoms with E-state index in [-0.39, 0.29) is 11.8 Å². The van der Waals surface area contributed by atoms with Crippen molar-refractivity contribution in [3.05, 3.63) is 36.5 Å². The number of imidazole rings is 1. The number of fused-ring (bicyclic) bond motifs is 1. The second kappa shape index (κ2) is 6.64. The fourth-order valence-corrected chi connectivity index (χ4v) is 3.08. The summed E-state index contributed by atoms with van der Waals surface area (Å²) >= 11 is 0. The number of carbonyl (C=O) groups is 1. The van der Waals surface area contributed by atoms with Gasteiger partial charge in [-0.1, -0.05) is 11.2 Å². The lowest BCUT2D eigenvalue weighted by atomic mass is 9.97. The van der Waals surface area contributed by atoms with E-state index in [9.17, 15) is 4.79 Å². The minimum Gasteiger partial charge on any atom is -0.383 e. The molecular formula is C17H19N5O3. The molecule has 8 nitrogen and oxygen atoms in total. The van der Waals surface area contributed by atoms with E-state index in [1.165, 1.54) is 0 Å². The zero-order chi connectivity index (χ0) is 17.2. The Hall–Kier alpha value is -2.74. The van der Waals surface area contributed by atoms with Gasteiger partial charge in [0.05, 0.1) is 12.5 Å². The lowest BCUT2D eigenvalue weighted by Crippen LogP contribution is -2.41. The van der Waals surface area contributed by atoms with Crippen LogP contribution in [-0.2, 0) is 9.53 Å². The number of hydrogen-bond acceptors (Lipinski definition) is 6. The van der Waals surface area contributed by atoms with Crippen molar-refractivity contribution >= 4 is 11.6 Å². The van der Waals surface area contributed by atoms with Crippen molar-refractivity contribution in [3.8, 4) is 11.5 Å². The fourth-order valence-electron chi connectivity index (χ4n) is 3.08. The molecule has 1 atom stereocenters. The maximum Gasteiger partial charge on any atom is 0.231 e. The normalized spacial score (nSPS) is 18.2. The van der Waals surface area contributed by atoms with Gasteiger partial charge in [-0.3, -0.25) is 4.79 Å². The molecule has 0 N–H and O–H groups in total. The van der Waals surface area contributed by atoms with Crippen LogP contribution in [0.15, 0.2) is 35.1 Å². The van der Waals surface area contributed by atoms with E-state index in [2.05, 4.69) is 15.1 Å². The fraction of sp³-hybridized carbons (Fsp3) is 0.412. The Bertz CT molecular complexity index is 854. The summed E-state index contributed by atoms with van der Waals surface area (Å²) < 4.78 is 12.4. The van der Waals surface area contributed by atoms with Crippen molar-refractivity contribution in [2.45, 2.75) is 18.8 Å². The maximum absolute atomic E-state index is 12.0. The molecule has 1 aliphatic rings. The molecule has 1 fully saturated rings. The third kappa shape index (κ3) is 3.12. The van der Waals surface area contributed by atoms with E-state index in [0.29, 0.717) is 43.5 Å². The van der Waals surface area contributed by atoms with Gasteiger partial charge in [0.1, 0.15) is 11.3 Å². The van der Waals surface area contributed by atoms with Crippen LogP contribution >= 0.6 is 0 Å². The van der Waals surface area contributed by atoms with E-state index in [1.807, 2.05) is 35.0 Å². The lowest BCUT2D eigenvalue weighted by Gasteiger charge is -2.30. The van der Waals surface area contributed by atoms with Crippen molar-refractivity contribution < 1.29 is 14.1 Å². The van der Waals surface area contributed by atoms with Gasteiger partial charge in [-0.25, -0.2) is 4.98 Å². The van der Waals surface area contributed by atoms with E-state index >= 15 is 0 Å². The van der Waals surface area contributed by atoms with E-state index in [4.69, 9.17) is 9.26 Å². The Kier molecular flexibility index (Phi) is 4.19. The highest BCUT2D eigenvalue weighted by atomic mass is 16.5. The summed E-state index contributed by atoms with van der Waals surface area (Å²) in [5, 5.41) is 4.07. The van der Waals surface area contributed by atoms with Crippen LogP contribution in [0.25, 0.3) is 17.2 Å². The molecule has 0 aromatic carbocycles. The molecule has 1 saturated heterocycles. The zero-order valence-corrected chi connectivity index (χ0v) is 14.0. The van der Waals surface area contributed by atoms with Crippen LogP contribution in [0.4, 0.5) is 0 Å². The van der Waals surface area contributed by atoms with Crippen LogP contribution in [0.5, 0.6) is 0 Å². The second-order valence-electron chi connectivity index (χ2n) is 6.12. The number of piperidine rings is 1. The first-order chi connectivity index (χ1) is 12.2. The largest absolute Gasteiger partial charge is 0.383 e. The van der Waals surface area contributed by atoms with Crippen molar-refractivity contribution in [3.63, 3.8) is 0 Å². The molecule has 4 heterocycles. The number of ether oxygens (including phenoxy) is 1. The number of amides is 1. The summed E-state index contributed by atoms with van der Waals surface area (Å²) in [6.07, 6.45) is 5.00. The molecule has 0 radical (unpaired) electrons. The Morgan fingerprint density at radius 2 is 2.28 bits per heavy atom. The van der Waals surface area contributed by atoms with Crippen molar-refractivity contribution in [2.75, 3.05) is 26.8 Å². The summed E-state index contributed by atoms with van der Waals surface area (Å²) in [5.41, 5.74) is 1.50. The number of hydrogen-bond donors (Lipinski definition) is 0. The van der Waals surface area contributed by atoms with Gasteiger partial charge in [-0.15, -0.1) is 0 Å². The molecular weight excluding hydrogens is 322 g/mol. The molecule has 3 aromatic rings. The predicted molar refractivity (Wildman–Crippen MR) is 88.9 cm³/mol. The van der Waals surface area contributed by atoms with Crippen molar-refractivity contribution in [1.82, 2.24) is 24.4 Å². The standard InChI is InChI=1S/C17H19N5O3/c1-24-9-8-22-10-12(5-6-15(22)23)17-19-16(20-25-17)13-11-21-7-3-2-4-14(21)18-13/h2-4,7,11-12H,5-6,8-10H2,1H3. The first kappa shape index (κ1) is 15.8. The quantitative estimate of drug-likeness (QED) is 0.703. The highest BCUT2D eigenvalue weighted by Gasteiger charge is 2.30. The monoisotopic (exact) mass is 341 g/mol. The zero-order valence-electron chi connectivity index (χ0n) is 14.0. The summed E-state index contributed by atoms with van der Waals surface area (Å²) in [6, 6.07) is 5.79. The smallest absolute Gasteiger partial charge is 0.231 e. The molecule has 3 aromatic heterocycles. The van der Waals surface area contributed by atoms with Gasteiger partial charge in [0.2, 0.25) is 17.6 Å². The molecule has 8 heteroatoms. The molecule has 0 spiro atoms. The number of carbonyl (C=O) groups excluding carboxylic acids is 1. The molecule has 25 heavy (non-hydrogen) atoms. The molecule has 4 rings (SSSR count). The van der Waals surface area contributed by atoms with E-state index in [1.54, 1.807) is 12.0 Å². The van der Waals surface area contributed by atoms with Gasteiger partial charge >= 0.3 is 0 Å². The summed E-state index contributed by atoms with van der Waals surface area (Å²) in [4.78, 5) is 22.8. The highest BCUT2D eigenvalue weighted by molar-refractivity contribution is 5.77. The van der Waals surface area contributed by atoms with Gasteiger partial charge in [-0.05, 0) is 18.6 Å². The Morgan fingerprint density at radius 1 is 1.36 bits per heavy atom. The van der Waals surface area contributed by atoms with Crippen molar-refractivity contribution in [1.29, 1.82) is 0 Å². The molecule has 1 aliphatic heterocycles. The summed E-state index contributed by atoms with van der Waals surface area (Å²) in [7, 11) is 1.63. The minimum atomic E-state index is 0.0489. The van der Waals surface area contributed by atoms with Gasteiger partial charge in [0, 0.05) is 39.0 Å².